The number of aliphatic imine (C=N–C) groups is 1. The van der Waals surface area contributed by atoms with E-state index in [-0.39, 0.29) is 5.97 Å². The molecule has 1 aliphatic rings. The Bertz CT molecular complexity index is 875. The van der Waals surface area contributed by atoms with Crippen LogP contribution in [0.5, 0.6) is 0 Å². The Kier molecular flexibility index (Phi) is 6.13. The quantitative estimate of drug-likeness (QED) is 0.492. The van der Waals surface area contributed by atoms with Crippen molar-refractivity contribution in [1.29, 1.82) is 0 Å². The maximum Gasteiger partial charge on any atom is 0.311 e. The maximum absolute atomic E-state index is 12.2. The van der Waals surface area contributed by atoms with Gasteiger partial charge in [-0.2, -0.15) is 0 Å². The molecule has 0 atom stereocenters. The molecule has 1 saturated heterocycles. The van der Waals surface area contributed by atoms with E-state index in [1.54, 1.807) is 0 Å². The fourth-order valence-electron chi connectivity index (χ4n) is 3.34. The number of hydrogen-bond donors (Lipinski definition) is 0. The zero-order valence-electron chi connectivity index (χ0n) is 16.5. The predicted octanol–water partition coefficient (Wildman–Crippen LogP) is 4.72. The number of aromatic nitrogens is 2. The summed E-state index contributed by atoms with van der Waals surface area (Å²) in [5.74, 6) is 0.574. The van der Waals surface area contributed by atoms with Crippen LogP contribution in [0, 0.1) is 12.3 Å². The molecule has 2 aromatic rings. The van der Waals surface area contributed by atoms with Gasteiger partial charge in [0.05, 0.1) is 17.7 Å². The van der Waals surface area contributed by atoms with E-state index in [0.29, 0.717) is 12.6 Å². The summed E-state index contributed by atoms with van der Waals surface area (Å²) in [6, 6.07) is 4.02. The Morgan fingerprint density at radius 3 is 2.50 bits per heavy atom. The van der Waals surface area contributed by atoms with E-state index in [2.05, 4.69) is 42.5 Å². The number of carbonyl (C=O) groups is 1. The Morgan fingerprint density at radius 1 is 1.29 bits per heavy atom. The van der Waals surface area contributed by atoms with Crippen molar-refractivity contribution in [1.82, 2.24) is 9.97 Å². The molecule has 0 unspecified atom stereocenters. The highest BCUT2D eigenvalue weighted by atomic mass is 79.9. The SMILES string of the molecule is C=Nc1cc(-c2cnc(N3CCC(C)(C(=O)OCC)CC3)nc2)cc(Br)c1C. The molecule has 148 valence electrons. The lowest BCUT2D eigenvalue weighted by molar-refractivity contribution is -0.155. The second-order valence-corrected chi connectivity index (χ2v) is 8.15. The zero-order chi connectivity index (χ0) is 20.3. The monoisotopic (exact) mass is 444 g/mol. The van der Waals surface area contributed by atoms with E-state index in [1.165, 1.54) is 0 Å². The topological polar surface area (TPSA) is 67.7 Å². The van der Waals surface area contributed by atoms with Gasteiger partial charge in [0.1, 0.15) is 0 Å². The van der Waals surface area contributed by atoms with E-state index < -0.39 is 5.41 Å². The summed E-state index contributed by atoms with van der Waals surface area (Å²) in [5.41, 5.74) is 3.37. The lowest BCUT2D eigenvalue weighted by Gasteiger charge is -2.37. The van der Waals surface area contributed by atoms with Gasteiger partial charge in [0.15, 0.2) is 0 Å². The summed E-state index contributed by atoms with van der Waals surface area (Å²) in [4.78, 5) is 27.5. The molecule has 0 amide bonds. The third-order valence-electron chi connectivity index (χ3n) is 5.38. The maximum atomic E-state index is 12.2. The zero-order valence-corrected chi connectivity index (χ0v) is 18.1. The Morgan fingerprint density at radius 2 is 1.93 bits per heavy atom. The summed E-state index contributed by atoms with van der Waals surface area (Å²) in [6.45, 7) is 11.3. The number of anilines is 1. The van der Waals surface area contributed by atoms with Crippen molar-refractivity contribution >= 4 is 40.3 Å². The largest absolute Gasteiger partial charge is 0.466 e. The van der Waals surface area contributed by atoms with Crippen molar-refractivity contribution < 1.29 is 9.53 Å². The van der Waals surface area contributed by atoms with E-state index >= 15 is 0 Å². The number of piperidine rings is 1. The number of rotatable bonds is 5. The van der Waals surface area contributed by atoms with Crippen LogP contribution in [0.3, 0.4) is 0 Å². The summed E-state index contributed by atoms with van der Waals surface area (Å²) >= 11 is 3.57. The number of benzene rings is 1. The van der Waals surface area contributed by atoms with Crippen molar-refractivity contribution in [3.8, 4) is 11.1 Å². The minimum atomic E-state index is -0.422. The second kappa shape index (κ2) is 8.39. The molecule has 1 aromatic carbocycles. The molecule has 0 N–H and O–H groups in total. The first-order chi connectivity index (χ1) is 13.4. The highest BCUT2D eigenvalue weighted by Crippen LogP contribution is 2.35. The number of ether oxygens (including phenoxy) is 1. The number of carbonyl (C=O) groups excluding carboxylic acids is 1. The van der Waals surface area contributed by atoms with Crippen LogP contribution in [0.2, 0.25) is 0 Å². The number of nitrogens with zero attached hydrogens (tertiary/aromatic N) is 4. The minimum Gasteiger partial charge on any atom is -0.466 e. The fourth-order valence-corrected chi connectivity index (χ4v) is 3.79. The number of hydrogen-bond acceptors (Lipinski definition) is 6. The minimum absolute atomic E-state index is 0.109. The molecule has 1 aliphatic heterocycles. The van der Waals surface area contributed by atoms with Crippen LogP contribution in [-0.2, 0) is 9.53 Å². The Hall–Kier alpha value is -2.28. The van der Waals surface area contributed by atoms with E-state index in [0.717, 1.165) is 52.8 Å². The van der Waals surface area contributed by atoms with Crippen LogP contribution in [0.15, 0.2) is 34.0 Å². The molecular formula is C21H25BrN4O2. The smallest absolute Gasteiger partial charge is 0.311 e. The molecule has 28 heavy (non-hydrogen) atoms. The van der Waals surface area contributed by atoms with Crippen molar-refractivity contribution in [2.24, 2.45) is 10.4 Å². The molecule has 0 aliphatic carbocycles. The van der Waals surface area contributed by atoms with Crippen molar-refractivity contribution in [2.45, 2.75) is 33.6 Å². The fraction of sp³-hybridized carbons (Fsp3) is 0.429. The third-order valence-corrected chi connectivity index (χ3v) is 6.20. The third kappa shape index (κ3) is 4.09. The summed E-state index contributed by atoms with van der Waals surface area (Å²) in [6.07, 6.45) is 5.11. The van der Waals surface area contributed by atoms with Gasteiger partial charge in [0.25, 0.3) is 0 Å². The molecular weight excluding hydrogens is 420 g/mol. The first-order valence-electron chi connectivity index (χ1n) is 9.39. The molecule has 1 aromatic heterocycles. The summed E-state index contributed by atoms with van der Waals surface area (Å²) < 4.78 is 6.20. The highest BCUT2D eigenvalue weighted by Gasteiger charge is 2.38. The van der Waals surface area contributed by atoms with Gasteiger partial charge in [-0.1, -0.05) is 15.9 Å². The van der Waals surface area contributed by atoms with Crippen LogP contribution in [0.1, 0.15) is 32.3 Å². The summed E-state index contributed by atoms with van der Waals surface area (Å²) in [7, 11) is 0. The average Bonchev–Trinajstić information content (AvgIpc) is 2.71. The van der Waals surface area contributed by atoms with E-state index in [1.807, 2.05) is 45.3 Å². The molecule has 7 heteroatoms. The van der Waals surface area contributed by atoms with Crippen LogP contribution in [0.4, 0.5) is 11.6 Å². The van der Waals surface area contributed by atoms with Gasteiger partial charge in [-0.05, 0) is 63.6 Å². The lowest BCUT2D eigenvalue weighted by atomic mass is 9.80. The molecule has 0 radical (unpaired) electrons. The average molecular weight is 445 g/mol. The molecule has 3 rings (SSSR count). The van der Waals surface area contributed by atoms with Gasteiger partial charge in [0, 0.05) is 35.5 Å². The molecule has 0 bridgehead atoms. The number of halogens is 1. The molecule has 1 fully saturated rings. The van der Waals surface area contributed by atoms with E-state index in [4.69, 9.17) is 4.74 Å². The highest BCUT2D eigenvalue weighted by molar-refractivity contribution is 9.10. The molecule has 6 nitrogen and oxygen atoms in total. The predicted molar refractivity (Wildman–Crippen MR) is 115 cm³/mol. The van der Waals surface area contributed by atoms with Gasteiger partial charge in [-0.3, -0.25) is 9.79 Å². The van der Waals surface area contributed by atoms with Gasteiger partial charge in [-0.25, -0.2) is 9.97 Å². The Labute approximate surface area is 174 Å². The molecule has 2 heterocycles. The van der Waals surface area contributed by atoms with Crippen molar-refractivity contribution in [3.63, 3.8) is 0 Å². The first kappa shape index (κ1) is 20.5. The molecule has 0 saturated carbocycles. The van der Waals surface area contributed by atoms with Crippen LogP contribution in [0.25, 0.3) is 11.1 Å². The van der Waals surface area contributed by atoms with Gasteiger partial charge in [-0.15, -0.1) is 0 Å². The Balaban J connectivity index is 1.73. The normalized spacial score (nSPS) is 15.9. The standard InChI is InChI=1S/C21H25BrN4O2/c1-5-28-19(27)21(3)6-8-26(9-7-21)20-24-12-16(13-25-20)15-10-17(22)14(2)18(11-15)23-4/h10-13H,4-9H2,1-3H3. The van der Waals surface area contributed by atoms with Crippen molar-refractivity contribution in [2.75, 3.05) is 24.6 Å². The molecule has 0 spiro atoms. The first-order valence-corrected chi connectivity index (χ1v) is 10.2. The van der Waals surface area contributed by atoms with Gasteiger partial charge in [0.2, 0.25) is 5.95 Å². The lowest BCUT2D eigenvalue weighted by Crippen LogP contribution is -2.44. The summed E-state index contributed by atoms with van der Waals surface area (Å²) in [5, 5.41) is 0. The van der Waals surface area contributed by atoms with Crippen molar-refractivity contribution in [3.05, 3.63) is 34.6 Å². The number of esters is 1. The van der Waals surface area contributed by atoms with Crippen LogP contribution >= 0.6 is 15.9 Å². The van der Waals surface area contributed by atoms with Gasteiger partial charge < -0.3 is 9.64 Å². The van der Waals surface area contributed by atoms with E-state index in [9.17, 15) is 4.79 Å². The van der Waals surface area contributed by atoms with Crippen LogP contribution < -0.4 is 4.90 Å². The van der Waals surface area contributed by atoms with Crippen LogP contribution in [-0.4, -0.2) is 42.4 Å². The second-order valence-electron chi connectivity index (χ2n) is 7.30. The van der Waals surface area contributed by atoms with Gasteiger partial charge >= 0.3 is 5.97 Å².